The summed E-state index contributed by atoms with van der Waals surface area (Å²) in [7, 11) is 1.68. The molecule has 0 saturated carbocycles. The minimum absolute atomic E-state index is 0.0342. The van der Waals surface area contributed by atoms with Crippen LogP contribution in [0.5, 0.6) is 5.75 Å². The highest BCUT2D eigenvalue weighted by atomic mass is 79.9. The van der Waals surface area contributed by atoms with E-state index in [1.165, 1.54) is 6.07 Å². The summed E-state index contributed by atoms with van der Waals surface area (Å²) in [6, 6.07) is 12.9. The van der Waals surface area contributed by atoms with Crippen molar-refractivity contribution >= 4 is 15.9 Å². The maximum atomic E-state index is 13.9. The highest BCUT2D eigenvalue weighted by Crippen LogP contribution is 2.37. The van der Waals surface area contributed by atoms with E-state index >= 15 is 0 Å². The second-order valence-electron chi connectivity index (χ2n) is 5.98. The monoisotopic (exact) mass is 392 g/mol. The van der Waals surface area contributed by atoms with E-state index in [-0.39, 0.29) is 11.9 Å². The van der Waals surface area contributed by atoms with Crippen molar-refractivity contribution in [2.45, 2.75) is 12.5 Å². The minimum atomic E-state index is -0.209. The van der Waals surface area contributed by atoms with Gasteiger partial charge >= 0.3 is 0 Å². The van der Waals surface area contributed by atoms with Gasteiger partial charge in [0.05, 0.1) is 13.2 Å². The highest BCUT2D eigenvalue weighted by molar-refractivity contribution is 9.10. The summed E-state index contributed by atoms with van der Waals surface area (Å²) in [5.41, 5.74) is 2.01. The zero-order chi connectivity index (χ0) is 16.9. The molecule has 0 bridgehead atoms. The van der Waals surface area contributed by atoms with Crippen LogP contribution in [0.3, 0.4) is 0 Å². The first kappa shape index (κ1) is 17.4. The third-order valence-corrected chi connectivity index (χ3v) is 4.88. The van der Waals surface area contributed by atoms with Gasteiger partial charge in [-0.3, -0.25) is 4.90 Å². The number of benzene rings is 2. The first-order valence-corrected chi connectivity index (χ1v) is 9.02. The fraction of sp³-hybridized carbons (Fsp3) is 0.368. The molecule has 1 aliphatic rings. The molecule has 1 aliphatic heterocycles. The Hall–Kier alpha value is -1.43. The van der Waals surface area contributed by atoms with E-state index in [1.54, 1.807) is 19.2 Å². The van der Waals surface area contributed by atoms with Gasteiger partial charge in [0.25, 0.3) is 0 Å². The summed E-state index contributed by atoms with van der Waals surface area (Å²) in [5.74, 6) is 0.615. The zero-order valence-corrected chi connectivity index (χ0v) is 15.4. The highest BCUT2D eigenvalue weighted by Gasteiger charge is 2.26. The zero-order valence-electron chi connectivity index (χ0n) is 13.8. The Kier molecular flexibility index (Phi) is 5.87. The van der Waals surface area contributed by atoms with Gasteiger partial charge in [0.2, 0.25) is 0 Å². The lowest BCUT2D eigenvalue weighted by Gasteiger charge is -2.32. The van der Waals surface area contributed by atoms with Gasteiger partial charge in [-0.15, -0.1) is 0 Å². The molecule has 1 fully saturated rings. The topological polar surface area (TPSA) is 24.5 Å². The Morgan fingerprint density at radius 2 is 2.04 bits per heavy atom. The maximum Gasteiger partial charge on any atom is 0.124 e. The molecular weight excluding hydrogens is 371 g/mol. The van der Waals surface area contributed by atoms with Gasteiger partial charge in [0.1, 0.15) is 11.6 Å². The second kappa shape index (κ2) is 8.10. The first-order chi connectivity index (χ1) is 11.7. The maximum absolute atomic E-state index is 13.9. The van der Waals surface area contributed by atoms with Crippen LogP contribution in [-0.4, -0.2) is 38.2 Å². The van der Waals surface area contributed by atoms with Gasteiger partial charge in [0, 0.05) is 29.7 Å². The van der Waals surface area contributed by atoms with E-state index in [4.69, 9.17) is 4.74 Å². The minimum Gasteiger partial charge on any atom is -0.496 e. The second-order valence-corrected chi connectivity index (χ2v) is 6.90. The lowest BCUT2D eigenvalue weighted by Crippen LogP contribution is -2.33. The van der Waals surface area contributed by atoms with Crippen LogP contribution in [0.25, 0.3) is 0 Å². The van der Waals surface area contributed by atoms with Crippen molar-refractivity contribution in [1.82, 2.24) is 10.2 Å². The third kappa shape index (κ3) is 3.97. The largest absolute Gasteiger partial charge is 0.496 e. The van der Waals surface area contributed by atoms with Crippen molar-refractivity contribution in [3.05, 3.63) is 63.9 Å². The Labute approximate surface area is 150 Å². The number of nitrogens with zero attached hydrogens (tertiary/aromatic N) is 1. The molecule has 0 spiro atoms. The molecule has 0 aromatic heterocycles. The van der Waals surface area contributed by atoms with Crippen molar-refractivity contribution in [2.24, 2.45) is 0 Å². The number of methoxy groups -OCH3 is 1. The lowest BCUT2D eigenvalue weighted by molar-refractivity contribution is 0.236. The lowest BCUT2D eigenvalue weighted by atomic mass is 9.95. The summed E-state index contributed by atoms with van der Waals surface area (Å²) in [6.07, 6.45) is 1.07. The average molecular weight is 393 g/mol. The summed E-state index contributed by atoms with van der Waals surface area (Å²) < 4.78 is 20.5. The van der Waals surface area contributed by atoms with Gasteiger partial charge < -0.3 is 10.1 Å². The quantitative estimate of drug-likeness (QED) is 0.851. The van der Waals surface area contributed by atoms with E-state index in [2.05, 4.69) is 32.2 Å². The third-order valence-electron chi connectivity index (χ3n) is 4.39. The van der Waals surface area contributed by atoms with Crippen LogP contribution in [0.15, 0.2) is 46.9 Å². The molecule has 0 radical (unpaired) electrons. The molecule has 24 heavy (non-hydrogen) atoms. The Morgan fingerprint density at radius 1 is 1.17 bits per heavy atom. The van der Waals surface area contributed by atoms with Crippen molar-refractivity contribution < 1.29 is 9.13 Å². The van der Waals surface area contributed by atoms with Crippen molar-refractivity contribution in [1.29, 1.82) is 0 Å². The number of hydrogen-bond acceptors (Lipinski definition) is 3. The van der Waals surface area contributed by atoms with Crippen molar-refractivity contribution in [3.8, 4) is 5.75 Å². The Bertz CT molecular complexity index is 687. The summed E-state index contributed by atoms with van der Waals surface area (Å²) in [6.45, 7) is 3.82. The molecule has 3 rings (SSSR count). The molecule has 1 unspecified atom stereocenters. The molecule has 1 heterocycles. The summed E-state index contributed by atoms with van der Waals surface area (Å²) in [5, 5.41) is 3.43. The molecule has 2 aromatic carbocycles. The summed E-state index contributed by atoms with van der Waals surface area (Å²) in [4.78, 5) is 2.40. The van der Waals surface area contributed by atoms with Crippen LogP contribution < -0.4 is 10.1 Å². The van der Waals surface area contributed by atoms with Crippen LogP contribution in [0.2, 0.25) is 0 Å². The smallest absolute Gasteiger partial charge is 0.124 e. The number of hydrogen-bond donors (Lipinski definition) is 1. The predicted octanol–water partition coefficient (Wildman–Crippen LogP) is 3.98. The van der Waals surface area contributed by atoms with Gasteiger partial charge in [-0.2, -0.15) is 0 Å². The predicted molar refractivity (Wildman–Crippen MR) is 98.0 cm³/mol. The van der Waals surface area contributed by atoms with E-state index in [9.17, 15) is 4.39 Å². The van der Waals surface area contributed by atoms with E-state index in [0.29, 0.717) is 0 Å². The molecule has 5 heteroatoms. The van der Waals surface area contributed by atoms with Gasteiger partial charge in [-0.1, -0.05) is 28.1 Å². The molecule has 0 aliphatic carbocycles. The molecule has 0 amide bonds. The van der Waals surface area contributed by atoms with Crippen molar-refractivity contribution in [2.75, 3.05) is 33.3 Å². The fourth-order valence-corrected chi connectivity index (χ4v) is 3.69. The average Bonchev–Trinajstić information content (AvgIpc) is 2.85. The molecule has 1 atom stereocenters. The van der Waals surface area contributed by atoms with Crippen LogP contribution in [0.1, 0.15) is 23.6 Å². The Morgan fingerprint density at radius 3 is 2.83 bits per heavy atom. The van der Waals surface area contributed by atoms with Gasteiger partial charge in [-0.05, 0) is 48.9 Å². The number of rotatable bonds is 4. The number of halogens is 2. The van der Waals surface area contributed by atoms with Crippen LogP contribution in [0, 0.1) is 5.82 Å². The molecule has 3 nitrogen and oxygen atoms in total. The van der Waals surface area contributed by atoms with Gasteiger partial charge in [-0.25, -0.2) is 4.39 Å². The fourth-order valence-electron chi connectivity index (χ4n) is 3.31. The number of nitrogens with one attached hydrogen (secondary N) is 1. The molecular formula is C19H22BrFN2O. The van der Waals surface area contributed by atoms with Crippen LogP contribution in [0.4, 0.5) is 4.39 Å². The molecule has 128 valence electrons. The van der Waals surface area contributed by atoms with E-state index in [0.717, 1.165) is 53.9 Å². The number of ether oxygens (including phenoxy) is 1. The first-order valence-electron chi connectivity index (χ1n) is 8.22. The van der Waals surface area contributed by atoms with E-state index in [1.807, 2.05) is 18.2 Å². The van der Waals surface area contributed by atoms with Gasteiger partial charge in [0.15, 0.2) is 0 Å². The Balaban J connectivity index is 2.09. The van der Waals surface area contributed by atoms with Crippen molar-refractivity contribution in [3.63, 3.8) is 0 Å². The SMILES string of the molecule is COc1ccc(Br)cc1C(c1cccc(F)c1)N1CCCNCC1. The van der Waals surface area contributed by atoms with Crippen LogP contribution >= 0.6 is 15.9 Å². The molecule has 2 aromatic rings. The molecule has 1 saturated heterocycles. The summed E-state index contributed by atoms with van der Waals surface area (Å²) >= 11 is 3.56. The standard InChI is InChI=1S/C19H22BrFN2O/c1-24-18-7-6-15(20)13-17(18)19(14-4-2-5-16(21)12-14)23-10-3-8-22-9-11-23/h2,4-7,12-13,19,22H,3,8-11H2,1H3. The van der Waals surface area contributed by atoms with E-state index < -0.39 is 0 Å². The van der Waals surface area contributed by atoms with Crippen LogP contribution in [-0.2, 0) is 0 Å². The molecule has 1 N–H and O–H groups in total. The normalized spacial score (nSPS) is 17.3.